The number of nitrogens with zero attached hydrogens (tertiary/aromatic N) is 2. The van der Waals surface area contributed by atoms with Crippen LogP contribution in [0.15, 0.2) is 82.3 Å². The van der Waals surface area contributed by atoms with Crippen LogP contribution in [0.1, 0.15) is 69.4 Å². The minimum absolute atomic E-state index is 0.00175. The molecule has 2 heterocycles. The van der Waals surface area contributed by atoms with E-state index in [0.29, 0.717) is 72.7 Å². The first kappa shape index (κ1) is 54.7. The second-order valence-corrected chi connectivity index (χ2v) is 22.7. The Bertz CT molecular complexity index is 2610. The average molecular weight is 1000 g/mol. The third-order valence-corrected chi connectivity index (χ3v) is 16.2. The van der Waals surface area contributed by atoms with Gasteiger partial charge >= 0.3 is 5.97 Å². The normalized spacial score (nSPS) is 19.1. The monoisotopic (exact) mass is 1000 g/mol. The van der Waals surface area contributed by atoms with Gasteiger partial charge in [-0.1, -0.05) is 38.0 Å². The van der Waals surface area contributed by atoms with E-state index in [1.54, 1.807) is 43.4 Å². The van der Waals surface area contributed by atoms with Gasteiger partial charge in [0.1, 0.15) is 16.7 Å². The lowest BCUT2D eigenvalue weighted by Crippen LogP contribution is -2.37. The molecule has 23 heteroatoms. The number of ether oxygens (including phenoxy) is 3. The maximum Gasteiger partial charge on any atom is 0.303 e. The lowest BCUT2D eigenvalue weighted by atomic mass is 9.77. The zero-order valence-electron chi connectivity index (χ0n) is 37.8. The van der Waals surface area contributed by atoms with Crippen LogP contribution in [0.5, 0.6) is 0 Å². The number of anilines is 1. The molecule has 66 heavy (non-hydrogen) atoms. The van der Waals surface area contributed by atoms with Crippen LogP contribution in [0.2, 0.25) is 0 Å². The molecule has 368 valence electrons. The number of carboxylic acid groups (broad SMARTS) is 1. The summed E-state index contributed by atoms with van der Waals surface area (Å²) in [6, 6.07) is 8.19. The highest BCUT2D eigenvalue weighted by molar-refractivity contribution is 7.89. The Morgan fingerprint density at radius 3 is 2.14 bits per heavy atom. The first-order chi connectivity index (χ1) is 31.0. The smallest absolute Gasteiger partial charge is 0.303 e. The highest BCUT2D eigenvalue weighted by atomic mass is 32.2. The molecule has 3 unspecified atom stereocenters. The van der Waals surface area contributed by atoms with Crippen LogP contribution in [0, 0.1) is 5.92 Å². The second-order valence-electron chi connectivity index (χ2n) is 16.2. The summed E-state index contributed by atoms with van der Waals surface area (Å²) < 4.78 is 147. The number of sulfonamides is 2. The zero-order valence-corrected chi connectivity index (χ0v) is 41.1. The fraction of sp³-hybridized carbons (Fsp3) is 0.535. The second kappa shape index (κ2) is 23.9. The standard InChI is InChI=1S/C43H62N4O15S4/c1-6-32(31-64(52,53)45-22-26-61-4)42-35-29-33(65(54,55)56)16-18-37(35)46(23-12-8-11-15-41(48)49)39(42)13-9-7-10-14-40-43(2,20-28-63(50,51)44-21-25-60-3)36-30-34(66(57,58)59)17-19-38(36)47(40)24-27-62-5/h7,9-10,13-14,16-19,29-30,32,42,44-45H,6,8,11-12,15,20-28,31H2,1-5H3,(H2-,48,49,54,55,56,57,58,59). The quantitative estimate of drug-likeness (QED) is 0.0392. The average Bonchev–Trinajstić information content (AvgIpc) is 3.67. The predicted molar refractivity (Wildman–Crippen MR) is 248 cm³/mol. The number of rotatable bonds is 29. The van der Waals surface area contributed by atoms with Gasteiger partial charge in [0.05, 0.1) is 39.9 Å². The van der Waals surface area contributed by atoms with Crippen molar-refractivity contribution in [3.8, 4) is 0 Å². The number of nitrogens with one attached hydrogen (secondary N) is 2. The van der Waals surface area contributed by atoms with Crippen molar-refractivity contribution in [2.24, 2.45) is 5.92 Å². The maximum atomic E-state index is 13.4. The summed E-state index contributed by atoms with van der Waals surface area (Å²) in [5, 5.41) is 9.20. The molecular weight excluding hydrogens is 941 g/mol. The number of hydrogen-bond donors (Lipinski definition) is 4. The molecular formula is C43H62N4O15S4. The molecule has 0 radical (unpaired) electrons. The molecule has 0 amide bonds. The topological polar surface area (TPSA) is 275 Å². The molecule has 2 aromatic carbocycles. The van der Waals surface area contributed by atoms with Gasteiger partial charge in [0.25, 0.3) is 10.1 Å². The molecule has 3 atom stereocenters. The highest BCUT2D eigenvalue weighted by Crippen LogP contribution is 2.50. The molecule has 0 saturated carbocycles. The van der Waals surface area contributed by atoms with E-state index in [1.807, 2.05) is 16.4 Å². The summed E-state index contributed by atoms with van der Waals surface area (Å²) in [4.78, 5) is 12.3. The molecule has 0 spiro atoms. The van der Waals surface area contributed by atoms with Crippen molar-refractivity contribution in [3.63, 3.8) is 0 Å². The van der Waals surface area contributed by atoms with Crippen LogP contribution < -0.4 is 14.3 Å². The van der Waals surface area contributed by atoms with Gasteiger partial charge in [0, 0.05) is 82.4 Å². The highest BCUT2D eigenvalue weighted by Gasteiger charge is 2.48. The first-order valence-electron chi connectivity index (χ1n) is 21.4. The van der Waals surface area contributed by atoms with Crippen molar-refractivity contribution in [3.05, 3.63) is 83.6 Å². The Kier molecular flexibility index (Phi) is 19.8. The van der Waals surface area contributed by atoms with Crippen molar-refractivity contribution in [1.82, 2.24) is 9.44 Å². The third-order valence-electron chi connectivity index (χ3n) is 11.6. The van der Waals surface area contributed by atoms with Gasteiger partial charge in [-0.05, 0) is 74.1 Å². The summed E-state index contributed by atoms with van der Waals surface area (Å²) in [7, 11) is -12.9. The summed E-state index contributed by atoms with van der Waals surface area (Å²) in [6.07, 6.45) is 10.5. The Morgan fingerprint density at radius 2 is 1.53 bits per heavy atom. The number of hydrogen-bond acceptors (Lipinski definition) is 14. The zero-order chi connectivity index (χ0) is 48.9. The molecule has 0 aliphatic carbocycles. The number of fused-ring (bicyclic) bond motifs is 2. The lowest BCUT2D eigenvalue weighted by Gasteiger charge is -2.28. The maximum absolute atomic E-state index is 13.4. The molecule has 0 saturated heterocycles. The van der Waals surface area contributed by atoms with Crippen molar-refractivity contribution in [2.45, 2.75) is 73.5 Å². The van der Waals surface area contributed by atoms with Crippen molar-refractivity contribution < 1.29 is 71.5 Å². The first-order valence-corrected chi connectivity index (χ1v) is 27.5. The van der Waals surface area contributed by atoms with Crippen LogP contribution in [0.25, 0.3) is 0 Å². The molecule has 0 bridgehead atoms. The number of unbranched alkanes of at least 4 members (excludes halogenated alkanes) is 2. The van der Waals surface area contributed by atoms with Crippen LogP contribution >= 0.6 is 0 Å². The van der Waals surface area contributed by atoms with Gasteiger partial charge in [-0.3, -0.25) is 9.35 Å². The van der Waals surface area contributed by atoms with Crippen molar-refractivity contribution in [2.75, 3.05) is 83.7 Å². The van der Waals surface area contributed by atoms with E-state index in [0.717, 1.165) is 0 Å². The summed E-state index contributed by atoms with van der Waals surface area (Å²) in [6.45, 7) is 4.86. The van der Waals surface area contributed by atoms with E-state index in [-0.39, 0.29) is 62.2 Å². The molecule has 4 N–H and O–H groups in total. The Morgan fingerprint density at radius 1 is 0.879 bits per heavy atom. The van der Waals surface area contributed by atoms with E-state index in [2.05, 4.69) is 9.44 Å². The number of benzene rings is 2. The Labute approximate surface area is 389 Å². The van der Waals surface area contributed by atoms with Crippen LogP contribution in [-0.4, -0.2) is 143 Å². The molecule has 4 rings (SSSR count). The Balaban J connectivity index is 1.85. The fourth-order valence-electron chi connectivity index (χ4n) is 8.35. The number of methoxy groups -OCH3 is 3. The van der Waals surface area contributed by atoms with E-state index in [1.165, 1.54) is 51.7 Å². The minimum atomic E-state index is -4.91. The molecule has 2 aromatic rings. The largest absolute Gasteiger partial charge is 0.744 e. The van der Waals surface area contributed by atoms with E-state index in [4.69, 9.17) is 14.2 Å². The Hall–Kier alpha value is -3.88. The lowest BCUT2D eigenvalue weighted by molar-refractivity contribution is -0.441. The predicted octanol–water partition coefficient (Wildman–Crippen LogP) is 3.63. The van der Waals surface area contributed by atoms with Gasteiger partial charge in [-0.15, -0.1) is 0 Å². The fourth-order valence-corrected chi connectivity index (χ4v) is 12.1. The summed E-state index contributed by atoms with van der Waals surface area (Å²) in [5.74, 6) is -2.94. The van der Waals surface area contributed by atoms with E-state index < -0.39 is 68.4 Å². The van der Waals surface area contributed by atoms with E-state index >= 15 is 0 Å². The number of allylic oxidation sites excluding steroid dienone is 6. The third kappa shape index (κ3) is 14.6. The molecule has 0 aromatic heterocycles. The molecule has 19 nitrogen and oxygen atoms in total. The van der Waals surface area contributed by atoms with Crippen LogP contribution in [-0.2, 0) is 64.7 Å². The molecule has 2 aliphatic rings. The number of carbonyl (C=O) groups is 1. The SMILES string of the molecule is CCC(CS(=O)(=O)NCCOC)C1\C(=C/C=C/C=C/C2=[N+](CCOC)c3ccc(S(=O)(=O)O)cc3C2(C)CCS(=O)(=O)NCCOC)N(CCCCCC(=O)O)c2ccc(S(=O)(=O)[O-])cc21. The number of carboxylic acids is 1. The summed E-state index contributed by atoms with van der Waals surface area (Å²) in [5.41, 5.74) is 2.17. The van der Waals surface area contributed by atoms with Crippen molar-refractivity contribution in [1.29, 1.82) is 0 Å². The molecule has 2 aliphatic heterocycles. The van der Waals surface area contributed by atoms with Gasteiger partial charge < -0.3 is 28.8 Å². The van der Waals surface area contributed by atoms with Gasteiger partial charge in [0.15, 0.2) is 12.3 Å². The van der Waals surface area contributed by atoms with Crippen molar-refractivity contribution >= 4 is 63.3 Å². The van der Waals surface area contributed by atoms with Gasteiger partial charge in [0.2, 0.25) is 25.7 Å². The number of aliphatic carboxylic acids is 1. The van der Waals surface area contributed by atoms with Crippen LogP contribution in [0.4, 0.5) is 11.4 Å². The van der Waals surface area contributed by atoms with Gasteiger partial charge in [-0.2, -0.15) is 13.0 Å². The minimum Gasteiger partial charge on any atom is -0.744 e. The van der Waals surface area contributed by atoms with Crippen LogP contribution in [0.3, 0.4) is 0 Å². The summed E-state index contributed by atoms with van der Waals surface area (Å²) >= 11 is 0. The van der Waals surface area contributed by atoms with Gasteiger partial charge in [-0.25, -0.2) is 34.7 Å². The molecule has 0 fully saturated rings. The van der Waals surface area contributed by atoms with E-state index in [9.17, 15) is 52.7 Å².